The summed E-state index contributed by atoms with van der Waals surface area (Å²) in [6, 6.07) is 12.6. The third-order valence-corrected chi connectivity index (χ3v) is 6.09. The molecule has 1 aliphatic heterocycles. The van der Waals surface area contributed by atoms with Gasteiger partial charge in [-0.25, -0.2) is 8.42 Å². The molecule has 0 aromatic heterocycles. The molecule has 0 saturated carbocycles. The molecule has 0 bridgehead atoms. The van der Waals surface area contributed by atoms with Gasteiger partial charge in [0.05, 0.1) is 5.75 Å². The van der Waals surface area contributed by atoms with E-state index in [9.17, 15) is 13.2 Å². The normalized spacial score (nSPS) is 17.0. The highest BCUT2D eigenvalue weighted by atomic mass is 35.5. The van der Waals surface area contributed by atoms with Crippen molar-refractivity contribution in [3.8, 4) is 0 Å². The lowest BCUT2D eigenvalue weighted by Gasteiger charge is -2.21. The number of aryl methyl sites for hydroxylation is 1. The molecule has 2 aromatic carbocycles. The molecule has 2 aromatic rings. The van der Waals surface area contributed by atoms with Crippen molar-refractivity contribution in [2.45, 2.75) is 19.1 Å². The summed E-state index contributed by atoms with van der Waals surface area (Å²) in [6.45, 7) is 4.52. The number of halogens is 1. The van der Waals surface area contributed by atoms with Gasteiger partial charge < -0.3 is 10.2 Å². The van der Waals surface area contributed by atoms with E-state index in [0.717, 1.165) is 30.2 Å². The third-order valence-electron chi connectivity index (χ3n) is 4.99. The number of carbonyl (C=O) groups excluding carboxylic acids is 1. The van der Waals surface area contributed by atoms with Gasteiger partial charge in [-0.3, -0.25) is 4.79 Å². The molecule has 0 aliphatic carbocycles. The van der Waals surface area contributed by atoms with Crippen LogP contribution < -0.4 is 10.2 Å². The Labute approximate surface area is 171 Å². The Balaban J connectivity index is 1.53. The highest BCUT2D eigenvalue weighted by Crippen LogP contribution is 2.29. The Morgan fingerprint density at radius 1 is 1.21 bits per heavy atom. The number of sulfone groups is 1. The molecule has 0 spiro atoms. The zero-order chi connectivity index (χ0) is 20.3. The smallest absolute Gasteiger partial charge is 0.251 e. The van der Waals surface area contributed by atoms with Crippen LogP contribution in [0.2, 0.25) is 5.02 Å². The molecule has 1 heterocycles. The molecule has 1 saturated heterocycles. The standard InChI is InChI=1S/C21H25ClN2O3S/c1-15-3-8-19(22)11-20(15)24-10-9-17(13-24)12-23-21(25)18-6-4-16(5-7-18)14-28(2,26)27/h3-8,11,17H,9-10,12-14H2,1-2H3,(H,23,25). The number of carbonyl (C=O) groups is 1. The van der Waals surface area contributed by atoms with Crippen molar-refractivity contribution in [3.05, 3.63) is 64.2 Å². The van der Waals surface area contributed by atoms with E-state index in [4.69, 9.17) is 11.6 Å². The molecule has 1 atom stereocenters. The van der Waals surface area contributed by atoms with E-state index in [1.54, 1.807) is 24.3 Å². The maximum Gasteiger partial charge on any atom is 0.251 e. The molecule has 5 nitrogen and oxygen atoms in total. The fourth-order valence-corrected chi connectivity index (χ4v) is 4.50. The first-order valence-corrected chi connectivity index (χ1v) is 11.7. The maximum atomic E-state index is 12.4. The van der Waals surface area contributed by atoms with Crippen LogP contribution in [0.15, 0.2) is 42.5 Å². The second-order valence-corrected chi connectivity index (χ2v) is 10.1. The Morgan fingerprint density at radius 2 is 1.93 bits per heavy atom. The summed E-state index contributed by atoms with van der Waals surface area (Å²) in [4.78, 5) is 14.7. The zero-order valence-electron chi connectivity index (χ0n) is 16.1. The van der Waals surface area contributed by atoms with Crippen LogP contribution in [0.4, 0.5) is 5.69 Å². The predicted octanol–water partition coefficient (Wildman–Crippen LogP) is 3.45. The van der Waals surface area contributed by atoms with Gasteiger partial charge in [-0.2, -0.15) is 0 Å². The van der Waals surface area contributed by atoms with Crippen molar-refractivity contribution in [1.29, 1.82) is 0 Å². The van der Waals surface area contributed by atoms with E-state index in [1.807, 2.05) is 18.2 Å². The van der Waals surface area contributed by atoms with Gasteiger partial charge in [-0.1, -0.05) is 29.8 Å². The number of anilines is 1. The lowest BCUT2D eigenvalue weighted by molar-refractivity contribution is 0.0948. The van der Waals surface area contributed by atoms with Crippen LogP contribution in [0.5, 0.6) is 0 Å². The highest BCUT2D eigenvalue weighted by Gasteiger charge is 2.24. The van der Waals surface area contributed by atoms with Gasteiger partial charge in [0.2, 0.25) is 0 Å². The summed E-state index contributed by atoms with van der Waals surface area (Å²) >= 11 is 6.13. The fourth-order valence-electron chi connectivity index (χ4n) is 3.54. The SMILES string of the molecule is Cc1ccc(Cl)cc1N1CCC(CNC(=O)c2ccc(CS(C)(=O)=O)cc2)C1. The number of hydrogen-bond acceptors (Lipinski definition) is 4. The number of nitrogens with one attached hydrogen (secondary N) is 1. The second kappa shape index (κ2) is 8.53. The molecule has 150 valence electrons. The number of rotatable bonds is 6. The van der Waals surface area contributed by atoms with E-state index in [-0.39, 0.29) is 11.7 Å². The molecule has 1 aliphatic rings. The summed E-state index contributed by atoms with van der Waals surface area (Å²) in [6.07, 6.45) is 2.21. The predicted molar refractivity (Wildman–Crippen MR) is 114 cm³/mol. The summed E-state index contributed by atoms with van der Waals surface area (Å²) in [5.74, 6) is 0.227. The number of benzene rings is 2. The number of nitrogens with zero attached hydrogens (tertiary/aromatic N) is 1. The first-order chi connectivity index (χ1) is 13.2. The van der Waals surface area contributed by atoms with E-state index < -0.39 is 9.84 Å². The average molecular weight is 421 g/mol. The van der Waals surface area contributed by atoms with Gasteiger partial charge in [0.15, 0.2) is 9.84 Å². The van der Waals surface area contributed by atoms with Crippen molar-refractivity contribution in [3.63, 3.8) is 0 Å². The Hall–Kier alpha value is -2.05. The molecule has 1 unspecified atom stereocenters. The average Bonchev–Trinajstić information content (AvgIpc) is 3.10. The van der Waals surface area contributed by atoms with Crippen LogP contribution in [-0.4, -0.2) is 40.2 Å². The largest absolute Gasteiger partial charge is 0.371 e. The van der Waals surface area contributed by atoms with Crippen molar-refractivity contribution < 1.29 is 13.2 Å². The van der Waals surface area contributed by atoms with Crippen LogP contribution in [0, 0.1) is 12.8 Å². The van der Waals surface area contributed by atoms with E-state index >= 15 is 0 Å². The molecule has 1 fully saturated rings. The molecule has 3 rings (SSSR count). The first kappa shape index (κ1) is 20.7. The fraction of sp³-hybridized carbons (Fsp3) is 0.381. The van der Waals surface area contributed by atoms with Crippen LogP contribution >= 0.6 is 11.6 Å². The number of hydrogen-bond donors (Lipinski definition) is 1. The van der Waals surface area contributed by atoms with Gasteiger partial charge >= 0.3 is 0 Å². The first-order valence-electron chi connectivity index (χ1n) is 9.27. The second-order valence-electron chi connectivity index (χ2n) is 7.51. The summed E-state index contributed by atoms with van der Waals surface area (Å²) in [7, 11) is -3.08. The van der Waals surface area contributed by atoms with Gasteiger partial charge in [0.1, 0.15) is 0 Å². The Morgan fingerprint density at radius 3 is 2.61 bits per heavy atom. The van der Waals surface area contributed by atoms with Crippen molar-refractivity contribution >= 4 is 33.0 Å². The minimum absolute atomic E-state index is 0.0181. The molecule has 28 heavy (non-hydrogen) atoms. The Bertz CT molecular complexity index is 958. The lowest BCUT2D eigenvalue weighted by Crippen LogP contribution is -2.31. The van der Waals surface area contributed by atoms with Crippen molar-refractivity contribution in [2.24, 2.45) is 5.92 Å². The van der Waals surface area contributed by atoms with Gasteiger partial charge in [-0.15, -0.1) is 0 Å². The van der Waals surface area contributed by atoms with Gasteiger partial charge in [0, 0.05) is 42.2 Å². The van der Waals surface area contributed by atoms with E-state index in [2.05, 4.69) is 17.1 Å². The van der Waals surface area contributed by atoms with E-state index in [0.29, 0.717) is 23.6 Å². The molecule has 0 radical (unpaired) electrons. The summed E-state index contributed by atoms with van der Waals surface area (Å²) in [5, 5.41) is 3.73. The topological polar surface area (TPSA) is 66.5 Å². The van der Waals surface area contributed by atoms with E-state index in [1.165, 1.54) is 11.8 Å². The van der Waals surface area contributed by atoms with Crippen molar-refractivity contribution in [2.75, 3.05) is 30.8 Å². The monoisotopic (exact) mass is 420 g/mol. The van der Waals surface area contributed by atoms with Gasteiger partial charge in [-0.05, 0) is 54.7 Å². The summed E-state index contributed by atoms with van der Waals surface area (Å²) < 4.78 is 22.7. The third kappa shape index (κ3) is 5.49. The molecule has 7 heteroatoms. The van der Waals surface area contributed by atoms with Crippen LogP contribution in [-0.2, 0) is 15.6 Å². The van der Waals surface area contributed by atoms with Crippen LogP contribution in [0.25, 0.3) is 0 Å². The van der Waals surface area contributed by atoms with Crippen molar-refractivity contribution in [1.82, 2.24) is 5.32 Å². The minimum Gasteiger partial charge on any atom is -0.371 e. The molecular weight excluding hydrogens is 396 g/mol. The highest BCUT2D eigenvalue weighted by molar-refractivity contribution is 7.89. The number of amides is 1. The van der Waals surface area contributed by atoms with Crippen LogP contribution in [0.3, 0.4) is 0 Å². The quantitative estimate of drug-likeness (QED) is 0.777. The molecule has 1 N–H and O–H groups in total. The molecule has 1 amide bonds. The molecular formula is C21H25ClN2O3S. The minimum atomic E-state index is -3.08. The zero-order valence-corrected chi connectivity index (χ0v) is 17.7. The maximum absolute atomic E-state index is 12.4. The Kier molecular flexibility index (Phi) is 6.30. The van der Waals surface area contributed by atoms with Gasteiger partial charge in [0.25, 0.3) is 5.91 Å². The van der Waals surface area contributed by atoms with Crippen LogP contribution in [0.1, 0.15) is 27.9 Å². The lowest BCUT2D eigenvalue weighted by atomic mass is 10.1. The summed E-state index contributed by atoms with van der Waals surface area (Å²) in [5.41, 5.74) is 3.58.